The van der Waals surface area contributed by atoms with Crippen LogP contribution in [-0.2, 0) is 21.0 Å². The van der Waals surface area contributed by atoms with Crippen molar-refractivity contribution in [1.82, 2.24) is 4.90 Å². The van der Waals surface area contributed by atoms with Crippen molar-refractivity contribution in [2.45, 2.75) is 18.7 Å². The molecule has 2 aliphatic heterocycles. The van der Waals surface area contributed by atoms with Gasteiger partial charge in [0.25, 0.3) is 5.91 Å². The third kappa shape index (κ3) is 3.64. The molecule has 0 spiro atoms. The first-order valence-electron chi connectivity index (χ1n) is 10.4. The van der Waals surface area contributed by atoms with Crippen LogP contribution in [0.5, 0.6) is 0 Å². The maximum atomic E-state index is 13.4. The molecule has 0 saturated carbocycles. The minimum Gasteiger partial charge on any atom is -0.275 e. The summed E-state index contributed by atoms with van der Waals surface area (Å²) < 4.78 is 0. The van der Waals surface area contributed by atoms with E-state index in [-0.39, 0.29) is 24.4 Å². The van der Waals surface area contributed by atoms with Crippen LogP contribution in [0.4, 0.5) is 5.69 Å². The highest BCUT2D eigenvalue weighted by Gasteiger charge is 2.58. The van der Waals surface area contributed by atoms with E-state index in [4.69, 9.17) is 4.84 Å². The van der Waals surface area contributed by atoms with Crippen molar-refractivity contribution in [3.63, 3.8) is 0 Å². The molecule has 3 aromatic carbocycles. The number of likely N-dealkylation sites (tertiary alicyclic amines) is 1. The van der Waals surface area contributed by atoms with Gasteiger partial charge >= 0.3 is 0 Å². The second-order valence-electron chi connectivity index (χ2n) is 7.72. The first kappa shape index (κ1) is 19.3. The molecule has 2 amide bonds. The van der Waals surface area contributed by atoms with Crippen molar-refractivity contribution in [2.75, 3.05) is 5.06 Å². The molecule has 31 heavy (non-hydrogen) atoms. The Morgan fingerprint density at radius 1 is 0.774 bits per heavy atom. The van der Waals surface area contributed by atoms with Crippen LogP contribution >= 0.6 is 0 Å². The Labute approximate surface area is 181 Å². The molecule has 2 aliphatic rings. The van der Waals surface area contributed by atoms with Gasteiger partial charge in [0.15, 0.2) is 6.10 Å². The van der Waals surface area contributed by atoms with Gasteiger partial charge in [0.05, 0.1) is 18.3 Å². The molecule has 0 aliphatic carbocycles. The van der Waals surface area contributed by atoms with Gasteiger partial charge in [-0.05, 0) is 23.3 Å². The van der Waals surface area contributed by atoms with Crippen LogP contribution in [0.2, 0.25) is 0 Å². The van der Waals surface area contributed by atoms with Crippen LogP contribution in [0.3, 0.4) is 0 Å². The molecule has 154 valence electrons. The van der Waals surface area contributed by atoms with Crippen LogP contribution in [0, 0.1) is 5.92 Å². The summed E-state index contributed by atoms with van der Waals surface area (Å²) in [5.74, 6) is -1.06. The second kappa shape index (κ2) is 8.20. The molecule has 5 heteroatoms. The number of hydrogen-bond acceptors (Lipinski definition) is 4. The van der Waals surface area contributed by atoms with Crippen LogP contribution in [-0.4, -0.2) is 28.9 Å². The highest BCUT2D eigenvalue weighted by atomic mass is 16.7. The summed E-state index contributed by atoms with van der Waals surface area (Å²) in [6.45, 7) is 0.259. The number of amides is 2. The fourth-order valence-electron chi connectivity index (χ4n) is 4.20. The summed E-state index contributed by atoms with van der Waals surface area (Å²) in [5, 5.41) is 1.70. The first-order chi connectivity index (χ1) is 15.2. The minimum absolute atomic E-state index is 0.194. The average molecular weight is 410 g/mol. The predicted molar refractivity (Wildman–Crippen MR) is 119 cm³/mol. The van der Waals surface area contributed by atoms with E-state index in [0.717, 1.165) is 16.8 Å². The highest BCUT2D eigenvalue weighted by Crippen LogP contribution is 2.39. The summed E-state index contributed by atoms with van der Waals surface area (Å²) in [6.07, 6.45) is 3.12. The van der Waals surface area contributed by atoms with E-state index < -0.39 is 12.0 Å². The molecule has 5 rings (SSSR count). The molecule has 0 unspecified atom stereocenters. The zero-order valence-electron chi connectivity index (χ0n) is 16.9. The Morgan fingerprint density at radius 2 is 1.39 bits per heavy atom. The number of imide groups is 1. The SMILES string of the molecule is O=C1[C@@H]2[C@H](ON(c3ccccc3)[C@@H]2/C=C/c2ccccc2)C(=O)N1Cc1ccccc1. The van der Waals surface area contributed by atoms with Crippen LogP contribution in [0.1, 0.15) is 11.1 Å². The Balaban J connectivity index is 1.47. The molecule has 0 bridgehead atoms. The predicted octanol–water partition coefficient (Wildman–Crippen LogP) is 4.07. The quantitative estimate of drug-likeness (QED) is 0.595. The van der Waals surface area contributed by atoms with Crippen LogP contribution in [0.25, 0.3) is 6.08 Å². The number of para-hydroxylation sites is 1. The van der Waals surface area contributed by atoms with Crippen molar-refractivity contribution in [2.24, 2.45) is 5.92 Å². The number of anilines is 1. The van der Waals surface area contributed by atoms with E-state index in [2.05, 4.69) is 0 Å². The number of fused-ring (bicyclic) bond motifs is 1. The number of carbonyl (C=O) groups excluding carboxylic acids is 2. The molecule has 3 atom stereocenters. The fraction of sp³-hybridized carbons (Fsp3) is 0.154. The van der Waals surface area contributed by atoms with E-state index in [0.29, 0.717) is 0 Å². The molecule has 0 N–H and O–H groups in total. The lowest BCUT2D eigenvalue weighted by Crippen LogP contribution is -2.39. The van der Waals surface area contributed by atoms with Crippen molar-refractivity contribution in [3.05, 3.63) is 108 Å². The van der Waals surface area contributed by atoms with Gasteiger partial charge in [0.1, 0.15) is 5.92 Å². The lowest BCUT2D eigenvalue weighted by atomic mass is 9.95. The molecule has 0 aromatic heterocycles. The topological polar surface area (TPSA) is 49.9 Å². The summed E-state index contributed by atoms with van der Waals surface area (Å²) in [6, 6.07) is 28.6. The third-order valence-corrected chi connectivity index (χ3v) is 5.73. The Hall–Kier alpha value is -3.70. The minimum atomic E-state index is -0.818. The molecular formula is C26H22N2O3. The van der Waals surface area contributed by atoms with E-state index in [1.807, 2.05) is 103 Å². The standard InChI is InChI=1S/C26H22N2O3/c29-25-23-22(17-16-19-10-4-1-5-11-19)28(21-14-8-3-9-15-21)31-24(23)26(30)27(25)18-20-12-6-2-7-13-20/h1-17,22-24H,18H2/b17-16+/t22-,23+,24+/m1/s1. The zero-order chi connectivity index (χ0) is 21.2. The Bertz CT molecular complexity index is 1100. The number of hydrogen-bond donors (Lipinski definition) is 0. The smallest absolute Gasteiger partial charge is 0.262 e. The van der Waals surface area contributed by atoms with Crippen molar-refractivity contribution in [1.29, 1.82) is 0 Å². The highest BCUT2D eigenvalue weighted by molar-refractivity contribution is 6.07. The van der Waals surface area contributed by atoms with Crippen molar-refractivity contribution >= 4 is 23.6 Å². The zero-order valence-corrected chi connectivity index (χ0v) is 16.9. The van der Waals surface area contributed by atoms with Gasteiger partial charge in [-0.15, -0.1) is 0 Å². The van der Waals surface area contributed by atoms with Crippen LogP contribution < -0.4 is 5.06 Å². The summed E-state index contributed by atoms with van der Waals surface area (Å²) in [7, 11) is 0. The lowest BCUT2D eigenvalue weighted by molar-refractivity contribution is -0.143. The van der Waals surface area contributed by atoms with Crippen LogP contribution in [0.15, 0.2) is 97.1 Å². The molecule has 2 heterocycles. The summed E-state index contributed by atoms with van der Waals surface area (Å²) >= 11 is 0. The number of benzene rings is 3. The molecule has 0 radical (unpaired) electrons. The van der Waals surface area contributed by atoms with Gasteiger partial charge in [-0.3, -0.25) is 19.3 Å². The Kier molecular flexibility index (Phi) is 5.10. The van der Waals surface area contributed by atoms with Gasteiger partial charge in [0, 0.05) is 0 Å². The lowest BCUT2D eigenvalue weighted by Gasteiger charge is -2.26. The van der Waals surface area contributed by atoms with Gasteiger partial charge in [-0.1, -0.05) is 91.0 Å². The fourth-order valence-corrected chi connectivity index (χ4v) is 4.20. The number of nitrogens with zero attached hydrogens (tertiary/aromatic N) is 2. The second-order valence-corrected chi connectivity index (χ2v) is 7.72. The number of rotatable bonds is 5. The van der Waals surface area contributed by atoms with Gasteiger partial charge in [-0.25, -0.2) is 5.06 Å². The molecule has 2 saturated heterocycles. The van der Waals surface area contributed by atoms with E-state index in [9.17, 15) is 9.59 Å². The van der Waals surface area contributed by atoms with Gasteiger partial charge < -0.3 is 0 Å². The monoisotopic (exact) mass is 410 g/mol. The summed E-state index contributed by atoms with van der Waals surface area (Å²) in [4.78, 5) is 33.9. The molecule has 5 nitrogen and oxygen atoms in total. The summed E-state index contributed by atoms with van der Waals surface area (Å²) in [5.41, 5.74) is 2.76. The third-order valence-electron chi connectivity index (χ3n) is 5.73. The molecular weight excluding hydrogens is 388 g/mol. The first-order valence-corrected chi connectivity index (χ1v) is 10.4. The molecule has 2 fully saturated rings. The van der Waals surface area contributed by atoms with Crippen molar-refractivity contribution < 1.29 is 14.4 Å². The largest absolute Gasteiger partial charge is 0.275 e. The van der Waals surface area contributed by atoms with Gasteiger partial charge in [0.2, 0.25) is 5.91 Å². The van der Waals surface area contributed by atoms with E-state index >= 15 is 0 Å². The van der Waals surface area contributed by atoms with Gasteiger partial charge in [-0.2, -0.15) is 0 Å². The average Bonchev–Trinajstić information content (AvgIpc) is 3.31. The van der Waals surface area contributed by atoms with E-state index in [1.165, 1.54) is 4.90 Å². The number of carbonyl (C=O) groups is 2. The number of hydroxylamine groups is 1. The van der Waals surface area contributed by atoms with E-state index in [1.54, 1.807) is 5.06 Å². The maximum Gasteiger partial charge on any atom is 0.262 e. The maximum absolute atomic E-state index is 13.4. The Morgan fingerprint density at radius 3 is 2.06 bits per heavy atom. The normalized spacial score (nSPS) is 23.0. The molecule has 3 aromatic rings. The van der Waals surface area contributed by atoms with Crippen molar-refractivity contribution in [3.8, 4) is 0 Å².